The molecule has 0 radical (unpaired) electrons. The topological polar surface area (TPSA) is 86.6 Å². The Morgan fingerprint density at radius 3 is 2.53 bits per heavy atom. The molecule has 0 bridgehead atoms. The maximum absolute atomic E-state index is 9.86. The number of nitrogens with one attached hydrogen (secondary N) is 1. The largest absolute Gasteiger partial charge is 0.390 e. The Kier molecular flexibility index (Phi) is 7.29. The minimum absolute atomic E-state index is 0.252. The number of rotatable bonds is 2. The highest BCUT2D eigenvalue weighted by atomic mass is 35.5. The minimum Gasteiger partial charge on any atom is -0.390 e. The van der Waals surface area contributed by atoms with E-state index in [2.05, 4.69) is 11.8 Å². The van der Waals surface area contributed by atoms with Crippen LogP contribution in [-0.4, -0.2) is 36.9 Å². The molecule has 1 aliphatic rings. The lowest BCUT2D eigenvalue weighted by Crippen LogP contribution is -2.51. The van der Waals surface area contributed by atoms with E-state index in [-0.39, 0.29) is 6.54 Å². The average Bonchev–Trinajstić information content (AvgIpc) is 2.15. The van der Waals surface area contributed by atoms with Gasteiger partial charge in [0, 0.05) is 6.54 Å². The van der Waals surface area contributed by atoms with Gasteiger partial charge < -0.3 is 10.2 Å². The van der Waals surface area contributed by atoms with E-state index in [4.69, 9.17) is 20.2 Å². The van der Waals surface area contributed by atoms with Crippen molar-refractivity contribution in [2.75, 3.05) is 6.54 Å². The molecule has 1 saturated carbocycles. The molecular formula is C8H16ClNO4S. The third-order valence-electron chi connectivity index (χ3n) is 2.69. The van der Waals surface area contributed by atoms with Gasteiger partial charge >= 0.3 is 11.6 Å². The van der Waals surface area contributed by atoms with Crippen LogP contribution in [0, 0.1) is 5.92 Å². The molecule has 0 heterocycles. The van der Waals surface area contributed by atoms with Crippen LogP contribution in [0.2, 0.25) is 0 Å². The van der Waals surface area contributed by atoms with Gasteiger partial charge in [0.15, 0.2) is 0 Å². The number of hydrogen-bond donors (Lipinski definition) is 3. The molecule has 0 aromatic carbocycles. The second-order valence-corrected chi connectivity index (χ2v) is 4.28. The molecule has 3 atom stereocenters. The molecule has 0 unspecified atom stereocenters. The van der Waals surface area contributed by atoms with E-state index >= 15 is 0 Å². The summed E-state index contributed by atoms with van der Waals surface area (Å²) in [5, 5.41) is 19.4. The fourth-order valence-electron chi connectivity index (χ4n) is 1.70. The molecule has 1 rings (SSSR count). The first-order valence-corrected chi connectivity index (χ1v) is 5.70. The third kappa shape index (κ3) is 5.03. The van der Waals surface area contributed by atoms with Crippen LogP contribution >= 0.6 is 11.8 Å². The van der Waals surface area contributed by atoms with E-state index < -0.39 is 23.3 Å². The van der Waals surface area contributed by atoms with Crippen molar-refractivity contribution in [1.29, 1.82) is 0 Å². The maximum Gasteiger partial charge on any atom is 0.335 e. The SMILES string of the molecule is C[C@@H]1CC[C@@](O)(CNCl)[C@H](O)C1.O=S=O. The molecule has 0 spiro atoms. The highest BCUT2D eigenvalue weighted by Gasteiger charge is 2.39. The number of hydrogen-bond acceptors (Lipinski definition) is 5. The Labute approximate surface area is 97.5 Å². The fourth-order valence-corrected chi connectivity index (χ4v) is 1.93. The van der Waals surface area contributed by atoms with Crippen molar-refractivity contribution < 1.29 is 18.6 Å². The van der Waals surface area contributed by atoms with E-state index in [9.17, 15) is 10.2 Å². The Morgan fingerprint density at radius 1 is 1.60 bits per heavy atom. The summed E-state index contributed by atoms with van der Waals surface area (Å²) in [6.07, 6.45) is 1.59. The van der Waals surface area contributed by atoms with Crippen molar-refractivity contribution in [2.24, 2.45) is 5.92 Å². The predicted molar refractivity (Wildman–Crippen MR) is 56.7 cm³/mol. The molecular weight excluding hydrogens is 242 g/mol. The van der Waals surface area contributed by atoms with Crippen LogP contribution in [0.5, 0.6) is 0 Å². The quantitative estimate of drug-likeness (QED) is 0.605. The summed E-state index contributed by atoms with van der Waals surface area (Å²) in [4.78, 5) is 2.39. The van der Waals surface area contributed by atoms with E-state index in [1.807, 2.05) is 0 Å². The summed E-state index contributed by atoms with van der Waals surface area (Å²) in [6.45, 7) is 2.33. The van der Waals surface area contributed by atoms with E-state index in [1.165, 1.54) is 0 Å². The van der Waals surface area contributed by atoms with Crippen molar-refractivity contribution in [3.05, 3.63) is 0 Å². The smallest absolute Gasteiger partial charge is 0.335 e. The van der Waals surface area contributed by atoms with Crippen LogP contribution < -0.4 is 4.84 Å². The summed E-state index contributed by atoms with van der Waals surface area (Å²) >= 11 is 4.56. The van der Waals surface area contributed by atoms with Crippen molar-refractivity contribution in [3.8, 4) is 0 Å². The molecule has 90 valence electrons. The molecule has 15 heavy (non-hydrogen) atoms. The zero-order chi connectivity index (χ0) is 11.9. The van der Waals surface area contributed by atoms with Crippen LogP contribution in [-0.2, 0) is 11.6 Å². The van der Waals surface area contributed by atoms with Gasteiger partial charge in [-0.15, -0.1) is 0 Å². The predicted octanol–water partition coefficient (Wildman–Crippen LogP) is -0.0284. The standard InChI is InChI=1S/C8H16ClNO2.O2S/c1-6-2-3-8(12,5-10-9)7(11)4-6;1-3-2/h6-7,10-12H,2-5H2,1H3;/t6-,7-,8-;/m1./s1. The summed E-state index contributed by atoms with van der Waals surface area (Å²) in [6, 6.07) is 0. The van der Waals surface area contributed by atoms with Crippen molar-refractivity contribution in [2.45, 2.75) is 37.9 Å². The molecule has 0 aliphatic heterocycles. The lowest BCUT2D eigenvalue weighted by molar-refractivity contribution is -0.105. The second kappa shape index (κ2) is 7.29. The lowest BCUT2D eigenvalue weighted by atomic mass is 9.77. The van der Waals surface area contributed by atoms with Crippen LogP contribution in [0.1, 0.15) is 26.2 Å². The average molecular weight is 258 g/mol. The first-order valence-electron chi connectivity index (χ1n) is 4.66. The summed E-state index contributed by atoms with van der Waals surface area (Å²) in [5.74, 6) is 0.496. The molecule has 0 aromatic rings. The Morgan fingerprint density at radius 2 is 2.13 bits per heavy atom. The Hall–Kier alpha value is -0.0100. The van der Waals surface area contributed by atoms with Crippen LogP contribution in [0.4, 0.5) is 0 Å². The molecule has 0 saturated heterocycles. The Balaban J connectivity index is 0.000000583. The van der Waals surface area contributed by atoms with Gasteiger partial charge in [-0.3, -0.25) is 0 Å². The van der Waals surface area contributed by atoms with E-state index in [1.54, 1.807) is 0 Å². The minimum atomic E-state index is -1.02. The van der Waals surface area contributed by atoms with Crippen molar-refractivity contribution in [3.63, 3.8) is 0 Å². The summed E-state index contributed by atoms with van der Waals surface area (Å²) < 4.78 is 16.6. The zero-order valence-electron chi connectivity index (χ0n) is 8.48. The van der Waals surface area contributed by atoms with Gasteiger partial charge in [0.1, 0.15) is 5.60 Å². The normalized spacial score (nSPS) is 35.2. The van der Waals surface area contributed by atoms with E-state index in [0.29, 0.717) is 18.8 Å². The number of halogens is 1. The fraction of sp³-hybridized carbons (Fsp3) is 1.00. The van der Waals surface area contributed by atoms with Gasteiger partial charge in [0.05, 0.1) is 6.10 Å². The van der Waals surface area contributed by atoms with Gasteiger partial charge in [-0.25, -0.2) is 4.84 Å². The molecule has 7 heteroatoms. The second-order valence-electron chi connectivity index (χ2n) is 3.88. The monoisotopic (exact) mass is 257 g/mol. The molecule has 0 amide bonds. The number of aliphatic hydroxyl groups excluding tert-OH is 1. The van der Waals surface area contributed by atoms with E-state index in [0.717, 1.165) is 6.42 Å². The van der Waals surface area contributed by atoms with Crippen molar-refractivity contribution in [1.82, 2.24) is 4.84 Å². The van der Waals surface area contributed by atoms with Gasteiger partial charge in [-0.2, -0.15) is 8.42 Å². The molecule has 5 nitrogen and oxygen atoms in total. The van der Waals surface area contributed by atoms with Gasteiger partial charge in [-0.05, 0) is 37.0 Å². The molecule has 1 aliphatic carbocycles. The van der Waals surface area contributed by atoms with Crippen molar-refractivity contribution >= 4 is 23.3 Å². The highest BCUT2D eigenvalue weighted by molar-refractivity contribution is 7.51. The van der Waals surface area contributed by atoms with Gasteiger partial charge in [-0.1, -0.05) is 6.92 Å². The lowest BCUT2D eigenvalue weighted by Gasteiger charge is -2.38. The molecule has 3 N–H and O–H groups in total. The first-order chi connectivity index (χ1) is 7.00. The summed E-state index contributed by atoms with van der Waals surface area (Å²) in [7, 11) is 0. The third-order valence-corrected chi connectivity index (χ3v) is 2.82. The molecule has 0 aromatic heterocycles. The Bertz CT molecular complexity index is 225. The highest BCUT2D eigenvalue weighted by Crippen LogP contribution is 2.31. The summed E-state index contributed by atoms with van der Waals surface area (Å²) in [5.41, 5.74) is -1.02. The van der Waals surface area contributed by atoms with Crippen LogP contribution in [0.15, 0.2) is 0 Å². The van der Waals surface area contributed by atoms with Gasteiger partial charge in [0.25, 0.3) is 0 Å². The van der Waals surface area contributed by atoms with Crippen LogP contribution in [0.25, 0.3) is 0 Å². The zero-order valence-corrected chi connectivity index (χ0v) is 10.1. The first kappa shape index (κ1) is 15.0. The van der Waals surface area contributed by atoms with Crippen LogP contribution in [0.3, 0.4) is 0 Å². The van der Waals surface area contributed by atoms with Gasteiger partial charge in [0.2, 0.25) is 0 Å². The number of aliphatic hydroxyl groups is 2. The maximum atomic E-state index is 9.86. The molecule has 1 fully saturated rings.